The molecule has 2 aromatic heterocycles. The highest BCUT2D eigenvalue weighted by molar-refractivity contribution is 14.0. The van der Waals surface area contributed by atoms with Crippen molar-refractivity contribution in [2.75, 3.05) is 7.05 Å². The van der Waals surface area contributed by atoms with Gasteiger partial charge < -0.3 is 15.1 Å². The third-order valence-electron chi connectivity index (χ3n) is 4.79. The number of guanidine groups is 1. The zero-order valence-corrected chi connectivity index (χ0v) is 19.9. The molecule has 0 aliphatic rings. The van der Waals surface area contributed by atoms with Crippen LogP contribution in [0.4, 0.5) is 0 Å². The van der Waals surface area contributed by atoms with E-state index in [4.69, 9.17) is 4.42 Å². The first-order chi connectivity index (χ1) is 13.5. The standard InChI is InChI=1S/C21H28N6O.HI/c1-14(11-19-15(2)26-27(5)16(19)3)24-21(22-4)23-12-18-13-28-20(25-18)17-9-7-6-8-10-17;/h6-10,13-14H,11-12H2,1-5H3,(H2,22,23,24);1H. The van der Waals surface area contributed by atoms with Crippen LogP contribution in [0, 0.1) is 13.8 Å². The van der Waals surface area contributed by atoms with Gasteiger partial charge in [0.05, 0.1) is 17.9 Å². The van der Waals surface area contributed by atoms with Gasteiger partial charge in [0.2, 0.25) is 5.89 Å². The summed E-state index contributed by atoms with van der Waals surface area (Å²) in [4.78, 5) is 8.85. The lowest BCUT2D eigenvalue weighted by Crippen LogP contribution is -2.42. The van der Waals surface area contributed by atoms with Crippen molar-refractivity contribution in [1.82, 2.24) is 25.4 Å². The summed E-state index contributed by atoms with van der Waals surface area (Å²) in [5, 5.41) is 11.2. The Hall–Kier alpha value is -2.36. The Bertz CT molecular complexity index is 947. The van der Waals surface area contributed by atoms with Crippen LogP contribution < -0.4 is 10.6 Å². The summed E-state index contributed by atoms with van der Waals surface area (Å²) in [6.45, 7) is 6.83. The minimum Gasteiger partial charge on any atom is -0.444 e. The molecule has 1 aromatic carbocycles. The normalized spacial score (nSPS) is 12.4. The molecule has 3 aromatic rings. The third-order valence-corrected chi connectivity index (χ3v) is 4.79. The minimum absolute atomic E-state index is 0. The van der Waals surface area contributed by atoms with E-state index in [1.165, 1.54) is 11.3 Å². The highest BCUT2D eigenvalue weighted by Gasteiger charge is 2.14. The van der Waals surface area contributed by atoms with Crippen molar-refractivity contribution in [3.8, 4) is 11.5 Å². The first kappa shape index (κ1) is 22.9. The van der Waals surface area contributed by atoms with Gasteiger partial charge in [0.25, 0.3) is 0 Å². The van der Waals surface area contributed by atoms with Crippen molar-refractivity contribution in [3.05, 3.63) is 59.2 Å². The Balaban J connectivity index is 0.00000300. The monoisotopic (exact) mass is 508 g/mol. The highest BCUT2D eigenvalue weighted by Crippen LogP contribution is 2.18. The summed E-state index contributed by atoms with van der Waals surface area (Å²) in [6, 6.07) is 10.1. The number of hydrogen-bond acceptors (Lipinski definition) is 4. The van der Waals surface area contributed by atoms with E-state index in [1.54, 1.807) is 13.3 Å². The van der Waals surface area contributed by atoms with Gasteiger partial charge in [0.15, 0.2) is 5.96 Å². The number of nitrogens with one attached hydrogen (secondary N) is 2. The zero-order valence-electron chi connectivity index (χ0n) is 17.6. The van der Waals surface area contributed by atoms with Gasteiger partial charge in [-0.1, -0.05) is 18.2 Å². The maximum absolute atomic E-state index is 5.58. The SMILES string of the molecule is CN=C(NCc1coc(-c2ccccc2)n1)NC(C)Cc1c(C)nn(C)c1C.I. The summed E-state index contributed by atoms with van der Waals surface area (Å²) in [7, 11) is 3.74. The molecule has 2 heterocycles. The summed E-state index contributed by atoms with van der Waals surface area (Å²) in [6.07, 6.45) is 2.56. The molecule has 8 heteroatoms. The molecule has 0 spiro atoms. The topological polar surface area (TPSA) is 80.3 Å². The lowest BCUT2D eigenvalue weighted by atomic mass is 10.1. The van der Waals surface area contributed by atoms with Crippen LogP contribution in [0.1, 0.15) is 29.6 Å². The van der Waals surface area contributed by atoms with E-state index in [0.29, 0.717) is 12.4 Å². The number of oxazole rings is 1. The number of aryl methyl sites for hydroxylation is 2. The average molecular weight is 508 g/mol. The average Bonchev–Trinajstić information content (AvgIpc) is 3.26. The molecule has 0 fully saturated rings. The summed E-state index contributed by atoms with van der Waals surface area (Å²) < 4.78 is 7.51. The van der Waals surface area contributed by atoms with Gasteiger partial charge >= 0.3 is 0 Å². The Labute approximate surface area is 189 Å². The largest absolute Gasteiger partial charge is 0.444 e. The quantitative estimate of drug-likeness (QED) is 0.302. The lowest BCUT2D eigenvalue weighted by molar-refractivity contribution is 0.571. The molecule has 2 N–H and O–H groups in total. The van der Waals surface area contributed by atoms with E-state index in [9.17, 15) is 0 Å². The summed E-state index contributed by atoms with van der Waals surface area (Å²) >= 11 is 0. The Morgan fingerprint density at radius 2 is 1.97 bits per heavy atom. The molecule has 0 bridgehead atoms. The van der Waals surface area contributed by atoms with Gasteiger partial charge in [-0.15, -0.1) is 24.0 Å². The van der Waals surface area contributed by atoms with E-state index in [2.05, 4.69) is 46.5 Å². The van der Waals surface area contributed by atoms with Crippen molar-refractivity contribution in [1.29, 1.82) is 0 Å². The van der Waals surface area contributed by atoms with Gasteiger partial charge in [-0.05, 0) is 44.9 Å². The number of aliphatic imine (C=N–C) groups is 1. The highest BCUT2D eigenvalue weighted by atomic mass is 127. The Morgan fingerprint density at radius 3 is 2.59 bits per heavy atom. The molecule has 1 unspecified atom stereocenters. The van der Waals surface area contributed by atoms with Crippen LogP contribution in [-0.2, 0) is 20.0 Å². The second kappa shape index (κ2) is 10.4. The lowest BCUT2D eigenvalue weighted by Gasteiger charge is -2.17. The molecular formula is C21H29IN6O. The maximum Gasteiger partial charge on any atom is 0.226 e. The second-order valence-electron chi connectivity index (χ2n) is 6.96. The van der Waals surface area contributed by atoms with Crippen LogP contribution in [0.3, 0.4) is 0 Å². The summed E-state index contributed by atoms with van der Waals surface area (Å²) in [5.74, 6) is 1.35. The molecule has 3 rings (SSSR count). The van der Waals surface area contributed by atoms with E-state index in [-0.39, 0.29) is 30.0 Å². The predicted molar refractivity (Wildman–Crippen MR) is 127 cm³/mol. The first-order valence-electron chi connectivity index (χ1n) is 9.44. The predicted octanol–water partition coefficient (Wildman–Crippen LogP) is 3.61. The van der Waals surface area contributed by atoms with Gasteiger partial charge in [-0.2, -0.15) is 5.10 Å². The molecule has 0 saturated carbocycles. The molecule has 0 aliphatic carbocycles. The zero-order chi connectivity index (χ0) is 20.1. The number of hydrogen-bond donors (Lipinski definition) is 2. The molecule has 29 heavy (non-hydrogen) atoms. The first-order valence-corrected chi connectivity index (χ1v) is 9.44. The molecule has 7 nitrogen and oxygen atoms in total. The summed E-state index contributed by atoms with van der Waals surface area (Å²) in [5.41, 5.74) is 5.35. The van der Waals surface area contributed by atoms with Crippen molar-refractivity contribution < 1.29 is 4.42 Å². The third kappa shape index (κ3) is 5.81. The second-order valence-corrected chi connectivity index (χ2v) is 6.96. The van der Waals surface area contributed by atoms with Gasteiger partial charge in [-0.25, -0.2) is 4.98 Å². The Morgan fingerprint density at radius 1 is 1.24 bits per heavy atom. The fourth-order valence-corrected chi connectivity index (χ4v) is 3.17. The van der Waals surface area contributed by atoms with Crippen LogP contribution in [0.2, 0.25) is 0 Å². The fourth-order valence-electron chi connectivity index (χ4n) is 3.17. The molecule has 0 aliphatic heterocycles. The van der Waals surface area contributed by atoms with Crippen LogP contribution in [-0.4, -0.2) is 33.8 Å². The molecule has 0 amide bonds. The van der Waals surface area contributed by atoms with E-state index >= 15 is 0 Å². The molecule has 156 valence electrons. The minimum atomic E-state index is 0. The number of halogens is 1. The van der Waals surface area contributed by atoms with E-state index in [0.717, 1.165) is 29.3 Å². The number of rotatable bonds is 6. The van der Waals surface area contributed by atoms with Crippen molar-refractivity contribution in [3.63, 3.8) is 0 Å². The van der Waals surface area contributed by atoms with Gasteiger partial charge in [-0.3, -0.25) is 9.67 Å². The van der Waals surface area contributed by atoms with E-state index < -0.39 is 0 Å². The molecule has 0 saturated heterocycles. The Kier molecular flexibility index (Phi) is 8.24. The smallest absolute Gasteiger partial charge is 0.226 e. The molecule has 1 atom stereocenters. The molecular weight excluding hydrogens is 479 g/mol. The van der Waals surface area contributed by atoms with Crippen LogP contribution in [0.15, 0.2) is 46.0 Å². The van der Waals surface area contributed by atoms with Crippen molar-refractivity contribution in [2.45, 2.75) is 39.8 Å². The number of nitrogens with zero attached hydrogens (tertiary/aromatic N) is 4. The maximum atomic E-state index is 5.58. The fraction of sp³-hybridized carbons (Fsp3) is 0.381. The number of aromatic nitrogens is 3. The van der Waals surface area contributed by atoms with Crippen LogP contribution >= 0.6 is 24.0 Å². The number of benzene rings is 1. The van der Waals surface area contributed by atoms with Crippen molar-refractivity contribution in [2.24, 2.45) is 12.0 Å². The molecule has 0 radical (unpaired) electrons. The van der Waals surface area contributed by atoms with Crippen LogP contribution in [0.5, 0.6) is 0 Å². The van der Waals surface area contributed by atoms with Gasteiger partial charge in [0.1, 0.15) is 6.26 Å². The van der Waals surface area contributed by atoms with Crippen molar-refractivity contribution >= 4 is 29.9 Å². The van der Waals surface area contributed by atoms with Gasteiger partial charge in [0, 0.05) is 31.4 Å². The van der Waals surface area contributed by atoms with E-state index in [1.807, 2.05) is 42.1 Å². The van der Waals surface area contributed by atoms with Crippen LogP contribution in [0.25, 0.3) is 11.5 Å².